The number of Topliss-reactive ketones (excluding diaryl/α,β-unsaturated/α-hetero) is 2. The minimum atomic E-state index is -1.95. The number of carboxylic acid groups (broad SMARTS) is 2. The summed E-state index contributed by atoms with van der Waals surface area (Å²) in [6.45, 7) is -2.45. The Balaban J connectivity index is 2.54. The quantitative estimate of drug-likeness (QED) is 0.102. The molecule has 0 aliphatic carbocycles. The highest BCUT2D eigenvalue weighted by Crippen LogP contribution is 2.13. The normalized spacial score (nSPS) is 25.3. The zero-order valence-electron chi connectivity index (χ0n) is 26.0. The number of nitrogens with two attached hydrogens (primary N) is 1. The van der Waals surface area contributed by atoms with E-state index in [0.717, 1.165) is 0 Å². The molecule has 2 rings (SSSR count). The number of carbonyl (C=O) groups is 9. The van der Waals surface area contributed by atoms with E-state index in [1.165, 1.54) is 0 Å². The molecular formula is C29H39N7O13. The SMILES string of the molecule is NC(=O)C[C@@H]1NCCC(Cc2ccccc2)C(=O)NN[C@@H](CC(=O)O)C(=O)N[C@@H](CC(=O)O)C(=O)N[C@@H](CO)C(=O)N[C@@H](CO)C(=O)C1=O. The van der Waals surface area contributed by atoms with Crippen LogP contribution in [0.25, 0.3) is 0 Å². The third-order valence-electron chi connectivity index (χ3n) is 7.25. The fraction of sp³-hybridized carbons (Fsp3) is 0.483. The van der Waals surface area contributed by atoms with Crippen LogP contribution in [-0.2, 0) is 49.6 Å². The fourth-order valence-corrected chi connectivity index (χ4v) is 4.69. The second kappa shape index (κ2) is 19.5. The van der Waals surface area contributed by atoms with Crippen molar-refractivity contribution in [3.8, 4) is 0 Å². The molecule has 20 nitrogen and oxygen atoms in total. The number of primary amides is 1. The first kappa shape index (κ1) is 39.9. The van der Waals surface area contributed by atoms with Gasteiger partial charge in [0.15, 0.2) is 0 Å². The van der Waals surface area contributed by atoms with Gasteiger partial charge in [0.2, 0.25) is 41.1 Å². The second-order valence-electron chi connectivity index (χ2n) is 11.0. The van der Waals surface area contributed by atoms with Gasteiger partial charge in [-0.05, 0) is 24.9 Å². The Hall–Kier alpha value is -5.31. The first-order valence-corrected chi connectivity index (χ1v) is 14.9. The smallest absolute Gasteiger partial charge is 0.305 e. The molecule has 1 saturated heterocycles. The van der Waals surface area contributed by atoms with Crippen molar-refractivity contribution in [2.24, 2.45) is 11.7 Å². The number of aliphatic hydroxyl groups excluding tert-OH is 2. The number of aliphatic hydroxyl groups is 2. The molecular weight excluding hydrogens is 654 g/mol. The lowest BCUT2D eigenvalue weighted by Gasteiger charge is -2.26. The summed E-state index contributed by atoms with van der Waals surface area (Å²) >= 11 is 0. The maximum atomic E-state index is 13.3. The van der Waals surface area contributed by atoms with Gasteiger partial charge in [0.25, 0.3) is 0 Å². The molecule has 20 heteroatoms. The minimum absolute atomic E-state index is 0.0614. The molecule has 1 aliphatic rings. The maximum absolute atomic E-state index is 13.3. The largest absolute Gasteiger partial charge is 0.481 e. The van der Waals surface area contributed by atoms with Crippen LogP contribution in [0.15, 0.2) is 30.3 Å². The molecule has 1 fully saturated rings. The number of benzene rings is 1. The summed E-state index contributed by atoms with van der Waals surface area (Å²) in [6.07, 6.45) is -2.70. The monoisotopic (exact) mass is 693 g/mol. The number of hydrazine groups is 1. The highest BCUT2D eigenvalue weighted by Gasteiger charge is 2.36. The van der Waals surface area contributed by atoms with Gasteiger partial charge in [-0.2, -0.15) is 0 Å². The van der Waals surface area contributed by atoms with Crippen molar-refractivity contribution >= 4 is 53.0 Å². The number of amides is 5. The Morgan fingerprint density at radius 2 is 1.18 bits per heavy atom. The number of hydrogen-bond donors (Lipinski definition) is 11. The van der Waals surface area contributed by atoms with Crippen molar-refractivity contribution in [3.05, 3.63) is 35.9 Å². The third kappa shape index (κ3) is 13.0. The van der Waals surface area contributed by atoms with E-state index in [0.29, 0.717) is 5.56 Å². The van der Waals surface area contributed by atoms with Gasteiger partial charge in [-0.15, -0.1) is 0 Å². The molecule has 1 aromatic carbocycles. The van der Waals surface area contributed by atoms with E-state index >= 15 is 0 Å². The summed E-state index contributed by atoms with van der Waals surface area (Å²) < 4.78 is 0. The predicted molar refractivity (Wildman–Crippen MR) is 163 cm³/mol. The standard InChI is InChI=1S/C29H39N7O13/c30-21(39)9-16-24(44)25(45)19(12-37)33-29(49)20(13-38)34-27(47)17(10-22(40)41)32-28(48)18(11-23(42)43)35-36-26(46)15(6-7-31-16)8-14-4-2-1-3-5-14/h1-5,15-20,31,35,37-38H,6-13H2,(H2,30,39)(H,32,48)(H,33,49)(H,34,47)(H,36,46)(H,40,41)(H,42,43)/t15?,16-,17-,18-,19-,20-/m0/s1. The molecule has 0 bridgehead atoms. The maximum Gasteiger partial charge on any atom is 0.305 e. The van der Waals surface area contributed by atoms with Crippen LogP contribution in [0.4, 0.5) is 0 Å². The summed E-state index contributed by atoms with van der Waals surface area (Å²) in [4.78, 5) is 113. The fourth-order valence-electron chi connectivity index (χ4n) is 4.69. The van der Waals surface area contributed by atoms with Crippen LogP contribution in [-0.4, -0.2) is 123 Å². The van der Waals surface area contributed by atoms with Crippen molar-refractivity contribution in [2.75, 3.05) is 19.8 Å². The van der Waals surface area contributed by atoms with Gasteiger partial charge in [-0.3, -0.25) is 48.6 Å². The number of nitrogens with one attached hydrogen (secondary N) is 6. The number of aliphatic carboxylic acids is 2. The molecule has 268 valence electrons. The first-order chi connectivity index (χ1) is 23.2. The molecule has 1 unspecified atom stereocenters. The molecule has 5 amide bonds. The Labute approximate surface area is 278 Å². The van der Waals surface area contributed by atoms with Crippen molar-refractivity contribution in [1.29, 1.82) is 0 Å². The molecule has 0 radical (unpaired) electrons. The summed E-state index contributed by atoms with van der Waals surface area (Å²) in [6, 6.07) is -0.529. The van der Waals surface area contributed by atoms with Gasteiger partial charge >= 0.3 is 11.9 Å². The summed E-state index contributed by atoms with van der Waals surface area (Å²) in [5, 5.41) is 46.9. The van der Waals surface area contributed by atoms with Gasteiger partial charge < -0.3 is 47.4 Å². The molecule has 49 heavy (non-hydrogen) atoms. The Morgan fingerprint density at radius 1 is 0.673 bits per heavy atom. The van der Waals surface area contributed by atoms with Gasteiger partial charge in [0.05, 0.1) is 32.1 Å². The topological polar surface area (TPSA) is 333 Å². The van der Waals surface area contributed by atoms with Gasteiger partial charge in [0, 0.05) is 12.3 Å². The van der Waals surface area contributed by atoms with Crippen molar-refractivity contribution < 1.29 is 63.6 Å². The Bertz CT molecular complexity index is 1410. The zero-order chi connectivity index (χ0) is 36.7. The highest BCUT2D eigenvalue weighted by molar-refractivity contribution is 6.41. The molecule has 1 aromatic rings. The van der Waals surface area contributed by atoms with Crippen molar-refractivity contribution in [3.63, 3.8) is 0 Å². The number of carbonyl (C=O) groups excluding carboxylic acids is 7. The number of carboxylic acids is 2. The summed E-state index contributed by atoms with van der Waals surface area (Å²) in [5.41, 5.74) is 10.5. The van der Waals surface area contributed by atoms with E-state index in [1.54, 1.807) is 30.3 Å². The van der Waals surface area contributed by atoms with E-state index < -0.39 is 122 Å². The number of rotatable bonds is 10. The van der Waals surface area contributed by atoms with Crippen molar-refractivity contribution in [1.82, 2.24) is 32.1 Å². The van der Waals surface area contributed by atoms with Gasteiger partial charge in [0.1, 0.15) is 24.2 Å². The molecule has 6 atom stereocenters. The lowest BCUT2D eigenvalue weighted by atomic mass is 9.94. The summed E-state index contributed by atoms with van der Waals surface area (Å²) in [5.74, 6) is -12.3. The number of ketones is 2. The Kier molecular flexibility index (Phi) is 15.9. The lowest BCUT2D eigenvalue weighted by molar-refractivity contribution is -0.143. The Morgan fingerprint density at radius 3 is 1.76 bits per heavy atom. The van der Waals surface area contributed by atoms with E-state index in [-0.39, 0.29) is 19.4 Å². The van der Waals surface area contributed by atoms with E-state index in [4.69, 9.17) is 5.73 Å². The number of hydrogen-bond acceptors (Lipinski definition) is 13. The first-order valence-electron chi connectivity index (χ1n) is 14.9. The van der Waals surface area contributed by atoms with Crippen LogP contribution in [0.5, 0.6) is 0 Å². The predicted octanol–water partition coefficient (Wildman–Crippen LogP) is -5.40. The van der Waals surface area contributed by atoms with Crippen LogP contribution < -0.4 is 37.9 Å². The molecule has 0 saturated carbocycles. The molecule has 0 aromatic heterocycles. The lowest BCUT2D eigenvalue weighted by Crippen LogP contribution is -2.61. The third-order valence-corrected chi connectivity index (χ3v) is 7.25. The second-order valence-corrected chi connectivity index (χ2v) is 11.0. The molecule has 1 heterocycles. The van der Waals surface area contributed by atoms with E-state index in [9.17, 15) is 63.6 Å². The zero-order valence-corrected chi connectivity index (χ0v) is 26.0. The van der Waals surface area contributed by atoms with Gasteiger partial charge in [-0.1, -0.05) is 30.3 Å². The molecule has 1 aliphatic heterocycles. The van der Waals surface area contributed by atoms with E-state index in [1.807, 2.05) is 16.0 Å². The van der Waals surface area contributed by atoms with Crippen LogP contribution in [0.3, 0.4) is 0 Å². The summed E-state index contributed by atoms with van der Waals surface area (Å²) in [7, 11) is 0. The minimum Gasteiger partial charge on any atom is -0.481 e. The van der Waals surface area contributed by atoms with E-state index in [2.05, 4.69) is 16.2 Å². The van der Waals surface area contributed by atoms with Gasteiger partial charge in [-0.25, -0.2) is 5.43 Å². The molecule has 0 spiro atoms. The van der Waals surface area contributed by atoms with Crippen LogP contribution in [0.1, 0.15) is 31.2 Å². The van der Waals surface area contributed by atoms with Crippen LogP contribution in [0, 0.1) is 5.92 Å². The van der Waals surface area contributed by atoms with Crippen LogP contribution >= 0.6 is 0 Å². The average Bonchev–Trinajstić information content (AvgIpc) is 3.05. The highest BCUT2D eigenvalue weighted by atomic mass is 16.4. The van der Waals surface area contributed by atoms with Crippen molar-refractivity contribution in [2.45, 2.75) is 62.3 Å². The average molecular weight is 694 g/mol. The molecule has 12 N–H and O–H groups in total. The van der Waals surface area contributed by atoms with Crippen LogP contribution in [0.2, 0.25) is 0 Å².